The molecule has 0 aliphatic rings. The number of hydrogen-bond acceptors (Lipinski definition) is 4. The van der Waals surface area contributed by atoms with Crippen LogP contribution in [0.15, 0.2) is 121 Å². The van der Waals surface area contributed by atoms with Gasteiger partial charge in [0, 0.05) is 18.1 Å². The number of fused-ring (bicyclic) bond motifs is 1. The van der Waals surface area contributed by atoms with Crippen LogP contribution in [0.2, 0.25) is 0 Å². The first-order valence-corrected chi connectivity index (χ1v) is 12.7. The Balaban J connectivity index is 1.45. The van der Waals surface area contributed by atoms with Crippen molar-refractivity contribution in [3.8, 4) is 5.69 Å². The molecule has 1 unspecified atom stereocenters. The molecule has 1 amide bonds. The van der Waals surface area contributed by atoms with Crippen LogP contribution in [0.5, 0.6) is 0 Å². The second-order valence-corrected chi connectivity index (χ2v) is 9.96. The summed E-state index contributed by atoms with van der Waals surface area (Å²) in [6.45, 7) is 0. The second-order valence-electron chi connectivity index (χ2n) is 8.28. The third kappa shape index (κ3) is 5.00. The molecule has 7 heteroatoms. The maximum atomic E-state index is 13.4. The zero-order valence-electron chi connectivity index (χ0n) is 18.8. The van der Waals surface area contributed by atoms with Crippen LogP contribution in [0.25, 0.3) is 16.5 Å². The largest absolute Gasteiger partial charge is 0.306 e. The van der Waals surface area contributed by atoms with E-state index in [4.69, 9.17) is 0 Å². The van der Waals surface area contributed by atoms with Crippen LogP contribution in [-0.4, -0.2) is 23.9 Å². The van der Waals surface area contributed by atoms with E-state index in [9.17, 15) is 13.2 Å². The van der Waals surface area contributed by atoms with E-state index in [1.807, 2.05) is 89.6 Å². The van der Waals surface area contributed by atoms with Crippen molar-refractivity contribution in [2.45, 2.75) is 17.2 Å². The van der Waals surface area contributed by atoms with Gasteiger partial charge in [-0.1, -0.05) is 72.8 Å². The Morgan fingerprint density at radius 3 is 2.29 bits per heavy atom. The molecule has 5 aromatic rings. The molecule has 0 aliphatic heterocycles. The van der Waals surface area contributed by atoms with Crippen LogP contribution in [0.3, 0.4) is 0 Å². The van der Waals surface area contributed by atoms with Crippen molar-refractivity contribution < 1.29 is 13.2 Å². The fraction of sp³-hybridized carbons (Fsp3) is 0.0714. The lowest BCUT2D eigenvalue weighted by molar-refractivity contribution is -0.120. The van der Waals surface area contributed by atoms with Gasteiger partial charge in [-0.3, -0.25) is 4.79 Å². The first-order chi connectivity index (χ1) is 17.0. The molecule has 0 radical (unpaired) electrons. The number of rotatable bonds is 7. The van der Waals surface area contributed by atoms with Gasteiger partial charge in [-0.05, 0) is 52.6 Å². The lowest BCUT2D eigenvalue weighted by atomic mass is 9.91. The molecule has 0 fully saturated rings. The van der Waals surface area contributed by atoms with Crippen molar-refractivity contribution in [2.75, 3.05) is 0 Å². The van der Waals surface area contributed by atoms with Crippen molar-refractivity contribution in [3.05, 3.63) is 127 Å². The van der Waals surface area contributed by atoms with Gasteiger partial charge >= 0.3 is 0 Å². The molecule has 0 aliphatic carbocycles. The normalized spacial score (nSPS) is 12.3. The van der Waals surface area contributed by atoms with E-state index in [1.54, 1.807) is 24.7 Å². The van der Waals surface area contributed by atoms with E-state index < -0.39 is 21.8 Å². The minimum Gasteiger partial charge on any atom is -0.306 e. The second kappa shape index (κ2) is 9.56. The quantitative estimate of drug-likeness (QED) is 0.360. The molecular weight excluding hydrogens is 458 g/mol. The summed E-state index contributed by atoms with van der Waals surface area (Å²) in [5.74, 6) is -1.26. The molecule has 35 heavy (non-hydrogen) atoms. The van der Waals surface area contributed by atoms with E-state index in [0.717, 1.165) is 27.6 Å². The number of nitrogens with zero attached hydrogens (tertiary/aromatic N) is 2. The highest BCUT2D eigenvalue weighted by Crippen LogP contribution is 2.25. The van der Waals surface area contributed by atoms with Crippen LogP contribution in [-0.2, 0) is 21.2 Å². The van der Waals surface area contributed by atoms with Crippen LogP contribution >= 0.6 is 0 Å². The molecule has 0 bridgehead atoms. The van der Waals surface area contributed by atoms with Crippen molar-refractivity contribution in [2.24, 2.45) is 0 Å². The van der Waals surface area contributed by atoms with Gasteiger partial charge in [0.1, 0.15) is 0 Å². The van der Waals surface area contributed by atoms with Crippen molar-refractivity contribution in [3.63, 3.8) is 0 Å². The Labute approximate surface area is 203 Å². The van der Waals surface area contributed by atoms with Gasteiger partial charge in [-0.25, -0.2) is 18.1 Å². The highest BCUT2D eigenvalue weighted by atomic mass is 32.2. The first kappa shape index (κ1) is 22.6. The maximum absolute atomic E-state index is 13.4. The maximum Gasteiger partial charge on any atom is 0.264 e. The number of amides is 1. The van der Waals surface area contributed by atoms with Crippen LogP contribution in [0.1, 0.15) is 17.0 Å². The topological polar surface area (TPSA) is 81.1 Å². The molecule has 1 aromatic heterocycles. The molecular formula is C28H23N3O3S. The number of aromatic nitrogens is 2. The number of carbonyl (C=O) groups is 1. The number of benzene rings is 4. The predicted octanol–water partition coefficient (Wildman–Crippen LogP) is 4.86. The molecule has 0 saturated heterocycles. The Kier molecular flexibility index (Phi) is 6.16. The minimum absolute atomic E-state index is 0.0541. The van der Waals surface area contributed by atoms with Gasteiger partial charge in [0.2, 0.25) is 5.91 Å². The van der Waals surface area contributed by atoms with Crippen LogP contribution in [0, 0.1) is 0 Å². The smallest absolute Gasteiger partial charge is 0.264 e. The third-order valence-corrected chi connectivity index (χ3v) is 7.31. The van der Waals surface area contributed by atoms with Crippen molar-refractivity contribution in [1.29, 1.82) is 0 Å². The molecule has 1 atom stereocenters. The number of sulfonamides is 1. The average molecular weight is 482 g/mol. The monoisotopic (exact) mass is 481 g/mol. The van der Waals surface area contributed by atoms with E-state index in [2.05, 4.69) is 9.71 Å². The summed E-state index contributed by atoms with van der Waals surface area (Å²) in [6.07, 6.45) is 5.58. The number of hydrogen-bond donors (Lipinski definition) is 1. The molecule has 4 aromatic carbocycles. The highest BCUT2D eigenvalue weighted by molar-refractivity contribution is 7.90. The molecule has 6 nitrogen and oxygen atoms in total. The molecule has 1 N–H and O–H groups in total. The molecule has 5 rings (SSSR count). The molecule has 0 saturated carbocycles. The molecule has 0 spiro atoms. The summed E-state index contributed by atoms with van der Waals surface area (Å²) >= 11 is 0. The Morgan fingerprint density at radius 2 is 1.57 bits per heavy atom. The highest BCUT2D eigenvalue weighted by Gasteiger charge is 2.26. The lowest BCUT2D eigenvalue weighted by Gasteiger charge is -2.18. The van der Waals surface area contributed by atoms with Gasteiger partial charge in [0.15, 0.2) is 0 Å². The third-order valence-electron chi connectivity index (χ3n) is 5.96. The lowest BCUT2D eigenvalue weighted by Crippen LogP contribution is -2.35. The van der Waals surface area contributed by atoms with Gasteiger partial charge < -0.3 is 4.57 Å². The SMILES string of the molecule is O=C(NS(=O)(=O)c1ccc2ccccc2c1)C(Cc1ccccc1)c1ccc(-n2ccnc2)cc1. The van der Waals surface area contributed by atoms with Crippen molar-refractivity contribution >= 4 is 26.7 Å². The van der Waals surface area contributed by atoms with E-state index in [-0.39, 0.29) is 4.90 Å². The molecule has 1 heterocycles. The summed E-state index contributed by atoms with van der Waals surface area (Å²) in [7, 11) is -4.05. The Hall–Kier alpha value is -4.23. The molecule has 174 valence electrons. The summed E-state index contributed by atoms with van der Waals surface area (Å²) in [5, 5.41) is 1.72. The van der Waals surface area contributed by atoms with E-state index in [1.165, 1.54) is 6.07 Å². The van der Waals surface area contributed by atoms with E-state index in [0.29, 0.717) is 6.42 Å². The summed E-state index contributed by atoms with van der Waals surface area (Å²) < 4.78 is 30.5. The van der Waals surface area contributed by atoms with Gasteiger partial charge in [0.05, 0.1) is 17.1 Å². The van der Waals surface area contributed by atoms with Crippen LogP contribution in [0.4, 0.5) is 0 Å². The number of carbonyl (C=O) groups excluding carboxylic acids is 1. The van der Waals surface area contributed by atoms with Gasteiger partial charge in [-0.2, -0.15) is 0 Å². The zero-order valence-corrected chi connectivity index (χ0v) is 19.6. The Bertz CT molecular complexity index is 1560. The first-order valence-electron chi connectivity index (χ1n) is 11.2. The summed E-state index contributed by atoms with van der Waals surface area (Å²) in [6, 6.07) is 29.4. The number of nitrogens with one attached hydrogen (secondary N) is 1. The van der Waals surface area contributed by atoms with Crippen LogP contribution < -0.4 is 4.72 Å². The van der Waals surface area contributed by atoms with Crippen molar-refractivity contribution in [1.82, 2.24) is 14.3 Å². The fourth-order valence-electron chi connectivity index (χ4n) is 4.10. The van der Waals surface area contributed by atoms with Gasteiger partial charge in [-0.15, -0.1) is 0 Å². The average Bonchev–Trinajstić information content (AvgIpc) is 3.43. The minimum atomic E-state index is -4.05. The summed E-state index contributed by atoms with van der Waals surface area (Å²) in [5.41, 5.74) is 2.56. The summed E-state index contributed by atoms with van der Waals surface area (Å²) in [4.78, 5) is 17.5. The standard InChI is InChI=1S/C28H23N3O3S/c32-28(30-35(33,34)26-15-12-22-8-4-5-9-24(22)19-26)27(18-21-6-2-1-3-7-21)23-10-13-25(14-11-23)31-17-16-29-20-31/h1-17,19-20,27H,18H2,(H,30,32). The Morgan fingerprint density at radius 1 is 0.857 bits per heavy atom. The predicted molar refractivity (Wildman–Crippen MR) is 136 cm³/mol. The zero-order chi connectivity index (χ0) is 24.3. The number of imidazole rings is 1. The fourth-order valence-corrected chi connectivity index (χ4v) is 5.15. The van der Waals surface area contributed by atoms with Gasteiger partial charge in [0.25, 0.3) is 10.0 Å². The van der Waals surface area contributed by atoms with E-state index >= 15 is 0 Å².